The molecule has 7 heteroatoms. The van der Waals surface area contributed by atoms with Gasteiger partial charge in [0.1, 0.15) is 10.7 Å². The average Bonchev–Trinajstić information content (AvgIpc) is 2.84. The van der Waals surface area contributed by atoms with Crippen molar-refractivity contribution in [1.29, 1.82) is 0 Å². The summed E-state index contributed by atoms with van der Waals surface area (Å²) in [6, 6.07) is 8.61. The first-order chi connectivity index (χ1) is 13.6. The number of benzene rings is 1. The molecule has 2 aromatic heterocycles. The van der Waals surface area contributed by atoms with E-state index in [0.29, 0.717) is 0 Å². The molecule has 0 saturated carbocycles. The van der Waals surface area contributed by atoms with Gasteiger partial charge in [0.25, 0.3) is 5.91 Å². The van der Waals surface area contributed by atoms with Gasteiger partial charge in [0.15, 0.2) is 0 Å². The molecule has 2 aliphatic rings. The number of rotatable bonds is 1. The number of hydrogen-bond donors (Lipinski definition) is 2. The highest BCUT2D eigenvalue weighted by Gasteiger charge is 2.25. The molecule has 3 aromatic rings. The van der Waals surface area contributed by atoms with Gasteiger partial charge in [-0.25, -0.2) is 4.98 Å². The van der Waals surface area contributed by atoms with Crippen LogP contribution in [0.3, 0.4) is 0 Å². The third-order valence-corrected chi connectivity index (χ3v) is 6.87. The van der Waals surface area contributed by atoms with E-state index < -0.39 is 0 Å². The Labute approximate surface area is 168 Å². The van der Waals surface area contributed by atoms with Gasteiger partial charge in [0.05, 0.1) is 11.2 Å². The van der Waals surface area contributed by atoms with Gasteiger partial charge in [-0.2, -0.15) is 0 Å². The molecule has 4 heterocycles. The van der Waals surface area contributed by atoms with Crippen molar-refractivity contribution in [3.63, 3.8) is 0 Å². The quantitative estimate of drug-likeness (QED) is 0.663. The average molecular weight is 396 g/mol. The van der Waals surface area contributed by atoms with Crippen LogP contribution in [0.2, 0.25) is 0 Å². The summed E-state index contributed by atoms with van der Waals surface area (Å²) in [6.07, 6.45) is 1.16. The van der Waals surface area contributed by atoms with Crippen LogP contribution >= 0.6 is 11.3 Å². The van der Waals surface area contributed by atoms with Crippen LogP contribution in [0, 0.1) is 0 Å². The Morgan fingerprint density at radius 1 is 1.14 bits per heavy atom. The number of likely N-dealkylation sites (N-methyl/N-ethyl adjacent to an activating group) is 1. The second-order valence-corrected chi connectivity index (χ2v) is 8.93. The molecular formula is C21H25N5OS. The summed E-state index contributed by atoms with van der Waals surface area (Å²) in [4.78, 5) is 23.1. The van der Waals surface area contributed by atoms with Crippen molar-refractivity contribution in [3.05, 3.63) is 29.1 Å². The van der Waals surface area contributed by atoms with Gasteiger partial charge in [-0.15, -0.1) is 11.3 Å². The molecule has 1 amide bonds. The minimum atomic E-state index is 0.0140. The van der Waals surface area contributed by atoms with Crippen LogP contribution in [-0.2, 0) is 0 Å². The fraction of sp³-hybridized carbons (Fsp3) is 0.429. The number of carbonyl (C=O) groups is 1. The van der Waals surface area contributed by atoms with Gasteiger partial charge < -0.3 is 20.4 Å². The monoisotopic (exact) mass is 395 g/mol. The summed E-state index contributed by atoms with van der Waals surface area (Å²) in [6.45, 7) is 7.00. The van der Waals surface area contributed by atoms with Crippen LogP contribution in [-0.4, -0.2) is 61.6 Å². The molecule has 0 unspecified atom stereocenters. The lowest BCUT2D eigenvalue weighted by molar-refractivity contribution is 0.0949. The summed E-state index contributed by atoms with van der Waals surface area (Å²) in [5, 5.41) is 8.78. The number of nitrogens with zero attached hydrogens (tertiary/aromatic N) is 3. The first-order valence-electron chi connectivity index (χ1n) is 9.94. The molecule has 5 rings (SSSR count). The van der Waals surface area contributed by atoms with Gasteiger partial charge >= 0.3 is 0 Å². The lowest BCUT2D eigenvalue weighted by atomic mass is 10.1. The van der Waals surface area contributed by atoms with E-state index in [4.69, 9.17) is 4.98 Å². The topological polar surface area (TPSA) is 60.5 Å². The summed E-state index contributed by atoms with van der Waals surface area (Å²) in [5.74, 6) is 1.06. The van der Waals surface area contributed by atoms with Crippen LogP contribution in [0.1, 0.15) is 23.0 Å². The van der Waals surface area contributed by atoms with E-state index in [2.05, 4.69) is 51.7 Å². The molecular weight excluding hydrogens is 370 g/mol. The number of amides is 1. The van der Waals surface area contributed by atoms with Gasteiger partial charge in [0.2, 0.25) is 0 Å². The normalized spacial score (nSPS) is 21.1. The molecule has 1 saturated heterocycles. The Kier molecular flexibility index (Phi) is 4.36. The van der Waals surface area contributed by atoms with E-state index in [9.17, 15) is 4.79 Å². The van der Waals surface area contributed by atoms with Crippen molar-refractivity contribution < 1.29 is 4.79 Å². The minimum absolute atomic E-state index is 0.0140. The Balaban J connectivity index is 1.60. The van der Waals surface area contributed by atoms with Crippen molar-refractivity contribution in [2.45, 2.75) is 19.4 Å². The molecule has 0 aliphatic carbocycles. The standard InChI is InChI=1S/C21H25N5OS/c1-13-12-22-19-18-14-4-7-17(26-9-3-8-25(2)10-11-26)24-15(14)5-6-16(18)28-20(19)21(27)23-13/h4-7,13,22H,3,8-12H2,1-2H3,(H,23,27)/t13-/m1/s1. The Morgan fingerprint density at radius 3 is 2.93 bits per heavy atom. The largest absolute Gasteiger partial charge is 0.381 e. The first-order valence-corrected chi connectivity index (χ1v) is 10.8. The van der Waals surface area contributed by atoms with Gasteiger partial charge in [-0.3, -0.25) is 4.79 Å². The summed E-state index contributed by atoms with van der Waals surface area (Å²) >= 11 is 1.56. The Hall–Kier alpha value is -2.38. The summed E-state index contributed by atoms with van der Waals surface area (Å²) in [7, 11) is 2.18. The number of pyridine rings is 1. The molecule has 2 N–H and O–H groups in total. The molecule has 0 spiro atoms. The second kappa shape index (κ2) is 6.90. The smallest absolute Gasteiger partial charge is 0.263 e. The van der Waals surface area contributed by atoms with Gasteiger partial charge in [-0.1, -0.05) is 0 Å². The zero-order valence-electron chi connectivity index (χ0n) is 16.3. The van der Waals surface area contributed by atoms with Crippen molar-refractivity contribution >= 4 is 49.7 Å². The van der Waals surface area contributed by atoms with Crippen molar-refractivity contribution in [2.75, 3.05) is 50.0 Å². The second-order valence-electron chi connectivity index (χ2n) is 7.88. The lowest BCUT2D eigenvalue weighted by Crippen LogP contribution is -2.34. The van der Waals surface area contributed by atoms with E-state index in [0.717, 1.165) is 76.5 Å². The van der Waals surface area contributed by atoms with Crippen molar-refractivity contribution in [3.8, 4) is 0 Å². The van der Waals surface area contributed by atoms with E-state index >= 15 is 0 Å². The van der Waals surface area contributed by atoms with E-state index in [-0.39, 0.29) is 11.9 Å². The number of carbonyl (C=O) groups excluding carboxylic acids is 1. The zero-order chi connectivity index (χ0) is 19.3. The van der Waals surface area contributed by atoms with E-state index in [1.165, 1.54) is 0 Å². The highest BCUT2D eigenvalue weighted by atomic mass is 32.1. The van der Waals surface area contributed by atoms with Crippen LogP contribution in [0.15, 0.2) is 24.3 Å². The first kappa shape index (κ1) is 17.7. The van der Waals surface area contributed by atoms with Crippen molar-refractivity contribution in [2.24, 2.45) is 0 Å². The highest BCUT2D eigenvalue weighted by molar-refractivity contribution is 7.21. The van der Waals surface area contributed by atoms with Crippen LogP contribution in [0.25, 0.3) is 21.0 Å². The van der Waals surface area contributed by atoms with Crippen LogP contribution in [0.4, 0.5) is 11.5 Å². The molecule has 6 nitrogen and oxygen atoms in total. The number of thiophene rings is 1. The molecule has 1 fully saturated rings. The molecule has 0 radical (unpaired) electrons. The third kappa shape index (κ3) is 2.99. The summed E-state index contributed by atoms with van der Waals surface area (Å²) < 4.78 is 1.13. The minimum Gasteiger partial charge on any atom is -0.381 e. The summed E-state index contributed by atoms with van der Waals surface area (Å²) in [5.41, 5.74) is 1.95. The number of nitrogens with one attached hydrogen (secondary N) is 2. The number of anilines is 2. The van der Waals surface area contributed by atoms with Crippen molar-refractivity contribution in [1.82, 2.24) is 15.2 Å². The predicted octanol–water partition coefficient (Wildman–Crippen LogP) is 3.14. The van der Waals surface area contributed by atoms with E-state index in [1.54, 1.807) is 11.3 Å². The highest BCUT2D eigenvalue weighted by Crippen LogP contribution is 2.41. The SMILES string of the molecule is C[C@@H]1CNc2c(sc3ccc4nc(N5CCCN(C)CC5)ccc4c23)C(=O)N1. The molecule has 28 heavy (non-hydrogen) atoms. The fourth-order valence-corrected chi connectivity index (χ4v) is 5.26. The third-order valence-electron chi connectivity index (χ3n) is 5.72. The Bertz CT molecular complexity index is 1060. The molecule has 2 aliphatic heterocycles. The predicted molar refractivity (Wildman–Crippen MR) is 117 cm³/mol. The molecule has 1 atom stereocenters. The van der Waals surface area contributed by atoms with Gasteiger partial charge in [0, 0.05) is 47.7 Å². The molecule has 146 valence electrons. The molecule has 0 bridgehead atoms. The van der Waals surface area contributed by atoms with E-state index in [1.807, 2.05) is 6.92 Å². The van der Waals surface area contributed by atoms with Crippen LogP contribution in [0.5, 0.6) is 0 Å². The zero-order valence-corrected chi connectivity index (χ0v) is 17.1. The number of fused-ring (bicyclic) bond motifs is 5. The number of aromatic nitrogens is 1. The molecule has 1 aromatic carbocycles. The number of hydrogen-bond acceptors (Lipinski definition) is 6. The van der Waals surface area contributed by atoms with Gasteiger partial charge in [-0.05, 0) is 51.2 Å². The maximum atomic E-state index is 12.6. The fourth-order valence-electron chi connectivity index (χ4n) is 4.17. The van der Waals surface area contributed by atoms with Crippen LogP contribution < -0.4 is 15.5 Å². The Morgan fingerprint density at radius 2 is 2.04 bits per heavy atom. The maximum absolute atomic E-state index is 12.6. The maximum Gasteiger partial charge on any atom is 0.263 e. The lowest BCUT2D eigenvalue weighted by Gasteiger charge is -2.22.